The van der Waals surface area contributed by atoms with E-state index < -0.39 is 5.97 Å². The van der Waals surface area contributed by atoms with Gasteiger partial charge in [-0.15, -0.1) is 11.3 Å². The first-order chi connectivity index (χ1) is 13.4. The highest BCUT2D eigenvalue weighted by Crippen LogP contribution is 2.20. The summed E-state index contributed by atoms with van der Waals surface area (Å²) in [6, 6.07) is 3.48. The van der Waals surface area contributed by atoms with E-state index in [2.05, 4.69) is 29.2 Å². The number of ether oxygens (including phenoxy) is 1. The van der Waals surface area contributed by atoms with Crippen LogP contribution in [0.15, 0.2) is 28.5 Å². The monoisotopic (exact) mass is 397 g/mol. The third kappa shape index (κ3) is 4.04. The first-order valence-electron chi connectivity index (χ1n) is 9.29. The van der Waals surface area contributed by atoms with Crippen LogP contribution in [0.4, 0.5) is 0 Å². The van der Waals surface area contributed by atoms with E-state index in [-0.39, 0.29) is 17.6 Å². The maximum absolute atomic E-state index is 12.7. The lowest BCUT2D eigenvalue weighted by Gasteiger charge is -2.10. The molecule has 0 atom stereocenters. The molecule has 3 rings (SSSR count). The van der Waals surface area contributed by atoms with Crippen LogP contribution in [0, 0.1) is 0 Å². The average Bonchev–Trinajstić information content (AvgIpc) is 3.16. The second-order valence-corrected chi connectivity index (χ2v) is 7.47. The topological polar surface area (TPSA) is 74.1 Å². The number of hydrogen-bond acceptors (Lipinski definition) is 6. The Balaban J connectivity index is 2.00. The Hall–Kier alpha value is -2.80. The first kappa shape index (κ1) is 19.9. The summed E-state index contributed by atoms with van der Waals surface area (Å²) in [6.07, 6.45) is 5.33. The van der Waals surface area contributed by atoms with Crippen LogP contribution in [0.25, 0.3) is 23.2 Å². The highest BCUT2D eigenvalue weighted by Gasteiger charge is 2.17. The zero-order chi connectivity index (χ0) is 20.3. The second kappa shape index (κ2) is 8.48. The molecule has 0 fully saturated rings. The number of fused-ring (bicyclic) bond motifs is 1. The molecule has 0 amide bonds. The molecule has 3 aromatic heterocycles. The van der Waals surface area contributed by atoms with Crippen molar-refractivity contribution in [1.29, 1.82) is 0 Å². The molecule has 0 aromatic carbocycles. The van der Waals surface area contributed by atoms with E-state index in [4.69, 9.17) is 4.74 Å². The molecule has 0 aliphatic heterocycles. The summed E-state index contributed by atoms with van der Waals surface area (Å²) in [5, 5.41) is 3.38. The van der Waals surface area contributed by atoms with Gasteiger partial charge in [0.2, 0.25) is 5.43 Å². The minimum atomic E-state index is -0.606. The van der Waals surface area contributed by atoms with Gasteiger partial charge in [0.1, 0.15) is 16.2 Å². The molecule has 6 nitrogen and oxygen atoms in total. The zero-order valence-electron chi connectivity index (χ0n) is 16.4. The van der Waals surface area contributed by atoms with Gasteiger partial charge in [-0.2, -0.15) is 0 Å². The molecule has 0 saturated carbocycles. The lowest BCUT2D eigenvalue weighted by molar-refractivity contribution is 0.0524. The van der Waals surface area contributed by atoms with Crippen molar-refractivity contribution in [3.8, 4) is 0 Å². The molecule has 0 saturated heterocycles. The summed E-state index contributed by atoms with van der Waals surface area (Å²) in [7, 11) is 0. The van der Waals surface area contributed by atoms with Gasteiger partial charge in [0.25, 0.3) is 0 Å². The molecule has 28 heavy (non-hydrogen) atoms. The predicted molar refractivity (Wildman–Crippen MR) is 113 cm³/mol. The summed E-state index contributed by atoms with van der Waals surface area (Å²) in [5.41, 5.74) is 2.01. The Kier molecular flexibility index (Phi) is 6.04. The Morgan fingerprint density at radius 3 is 2.68 bits per heavy atom. The Morgan fingerprint density at radius 1 is 1.25 bits per heavy atom. The van der Waals surface area contributed by atoms with Crippen LogP contribution in [0.3, 0.4) is 0 Å². The van der Waals surface area contributed by atoms with E-state index in [1.165, 1.54) is 6.20 Å². The van der Waals surface area contributed by atoms with E-state index in [1.54, 1.807) is 35.0 Å². The Bertz CT molecular complexity index is 1100. The van der Waals surface area contributed by atoms with Crippen molar-refractivity contribution in [3.63, 3.8) is 0 Å². The van der Waals surface area contributed by atoms with Crippen molar-refractivity contribution >= 4 is 40.5 Å². The van der Waals surface area contributed by atoms with Gasteiger partial charge < -0.3 is 9.30 Å². The van der Waals surface area contributed by atoms with Crippen molar-refractivity contribution in [3.05, 3.63) is 55.9 Å². The van der Waals surface area contributed by atoms with Crippen LogP contribution in [-0.4, -0.2) is 27.1 Å². The number of esters is 1. The van der Waals surface area contributed by atoms with Crippen molar-refractivity contribution < 1.29 is 9.53 Å². The number of rotatable bonds is 6. The summed E-state index contributed by atoms with van der Waals surface area (Å²) >= 11 is 1.59. The molecule has 0 aliphatic carbocycles. The molecule has 0 N–H and O–H groups in total. The maximum Gasteiger partial charge on any atom is 0.343 e. The van der Waals surface area contributed by atoms with Crippen LogP contribution >= 0.6 is 11.3 Å². The molecule has 3 aromatic rings. The summed E-state index contributed by atoms with van der Waals surface area (Å²) in [6.45, 7) is 8.67. The fraction of sp³-hybridized carbons (Fsp3) is 0.333. The van der Waals surface area contributed by atoms with Crippen LogP contribution in [0.1, 0.15) is 60.4 Å². The fourth-order valence-electron chi connectivity index (χ4n) is 2.77. The van der Waals surface area contributed by atoms with Crippen molar-refractivity contribution in [2.45, 2.75) is 40.2 Å². The SMILES string of the molecule is CCOC(=O)c1cn(CC)c2nc(C=Cc3nc(C(C)C)cs3)ccc2c1=O. The van der Waals surface area contributed by atoms with Gasteiger partial charge in [-0.3, -0.25) is 4.79 Å². The molecule has 0 radical (unpaired) electrons. The standard InChI is InChI=1S/C21H23N3O3S/c1-5-24-11-16(21(26)27-6-2)19(25)15-9-7-14(22-20(15)24)8-10-18-23-17(12-28-18)13(3)4/h7-13H,5-6H2,1-4H3. The molecule has 146 valence electrons. The van der Waals surface area contributed by atoms with E-state index in [0.717, 1.165) is 16.4 Å². The highest BCUT2D eigenvalue weighted by atomic mass is 32.1. The van der Waals surface area contributed by atoms with Gasteiger partial charge >= 0.3 is 5.97 Å². The smallest absolute Gasteiger partial charge is 0.343 e. The number of nitrogens with zero attached hydrogens (tertiary/aromatic N) is 3. The van der Waals surface area contributed by atoms with Crippen LogP contribution in [-0.2, 0) is 11.3 Å². The Labute approximate surface area is 167 Å². The largest absolute Gasteiger partial charge is 0.462 e. The zero-order valence-corrected chi connectivity index (χ0v) is 17.2. The third-order valence-electron chi connectivity index (χ3n) is 4.31. The predicted octanol–water partition coefficient (Wildman–Crippen LogP) is 4.34. The lowest BCUT2D eigenvalue weighted by atomic mass is 10.1. The Morgan fingerprint density at radius 2 is 2.04 bits per heavy atom. The minimum absolute atomic E-state index is 0.0327. The van der Waals surface area contributed by atoms with E-state index in [1.807, 2.05) is 19.1 Å². The fourth-order valence-corrected chi connectivity index (χ4v) is 3.64. The van der Waals surface area contributed by atoms with E-state index >= 15 is 0 Å². The maximum atomic E-state index is 12.7. The number of hydrogen-bond donors (Lipinski definition) is 0. The molecule has 0 unspecified atom stereocenters. The van der Waals surface area contributed by atoms with Crippen molar-refractivity contribution in [2.75, 3.05) is 6.61 Å². The first-order valence-corrected chi connectivity index (χ1v) is 10.2. The minimum Gasteiger partial charge on any atom is -0.462 e. The van der Waals surface area contributed by atoms with Gasteiger partial charge in [0.15, 0.2) is 0 Å². The van der Waals surface area contributed by atoms with Gasteiger partial charge in [-0.25, -0.2) is 14.8 Å². The number of carbonyl (C=O) groups excluding carboxylic acids is 1. The summed E-state index contributed by atoms with van der Waals surface area (Å²) in [5.74, 6) is -0.213. The number of aryl methyl sites for hydroxylation is 1. The van der Waals surface area contributed by atoms with Gasteiger partial charge in [-0.05, 0) is 44.1 Å². The average molecular weight is 398 g/mol. The molecular weight excluding hydrogens is 374 g/mol. The van der Waals surface area contributed by atoms with E-state index in [9.17, 15) is 9.59 Å². The molecule has 0 aliphatic rings. The quantitative estimate of drug-likeness (QED) is 0.578. The number of thiazole rings is 1. The molecular formula is C21H23N3O3S. The second-order valence-electron chi connectivity index (χ2n) is 6.58. The molecule has 0 bridgehead atoms. The van der Waals surface area contributed by atoms with Crippen molar-refractivity contribution in [2.24, 2.45) is 0 Å². The van der Waals surface area contributed by atoms with Gasteiger partial charge in [0, 0.05) is 18.1 Å². The highest BCUT2D eigenvalue weighted by molar-refractivity contribution is 7.10. The van der Waals surface area contributed by atoms with E-state index in [0.29, 0.717) is 23.5 Å². The van der Waals surface area contributed by atoms with Gasteiger partial charge in [-0.1, -0.05) is 13.8 Å². The molecule has 7 heteroatoms. The van der Waals surface area contributed by atoms with Crippen molar-refractivity contribution in [1.82, 2.24) is 14.5 Å². The normalized spacial score (nSPS) is 11.6. The van der Waals surface area contributed by atoms with Crippen LogP contribution in [0.5, 0.6) is 0 Å². The number of pyridine rings is 2. The summed E-state index contributed by atoms with van der Waals surface area (Å²) < 4.78 is 6.79. The van der Waals surface area contributed by atoms with Crippen LogP contribution in [0.2, 0.25) is 0 Å². The number of carbonyl (C=O) groups is 1. The summed E-state index contributed by atoms with van der Waals surface area (Å²) in [4.78, 5) is 34.0. The third-order valence-corrected chi connectivity index (χ3v) is 5.14. The molecule has 3 heterocycles. The van der Waals surface area contributed by atoms with Gasteiger partial charge in [0.05, 0.1) is 23.4 Å². The molecule has 0 spiro atoms. The lowest BCUT2D eigenvalue weighted by Crippen LogP contribution is -2.21. The van der Waals surface area contributed by atoms with Crippen LogP contribution < -0.4 is 5.43 Å². The number of aromatic nitrogens is 3.